The van der Waals surface area contributed by atoms with Crippen LogP contribution in [0.15, 0.2) is 12.1 Å². The Morgan fingerprint density at radius 1 is 1.19 bits per heavy atom. The second kappa shape index (κ2) is 6.41. The predicted octanol–water partition coefficient (Wildman–Crippen LogP) is 4.25. The Hall–Kier alpha value is -0.340. The summed E-state index contributed by atoms with van der Waals surface area (Å²) in [6.07, 6.45) is 1.15. The van der Waals surface area contributed by atoms with Gasteiger partial charge < -0.3 is 5.32 Å². The van der Waals surface area contributed by atoms with Gasteiger partial charge >= 0.3 is 0 Å². The SMILES string of the molecule is CCc1ccc(C(C)NCC(C)C(C)C)s1. The fourth-order valence-corrected chi connectivity index (χ4v) is 2.50. The molecular weight excluding hydrogens is 214 g/mol. The molecule has 0 aliphatic heterocycles. The molecule has 0 saturated carbocycles. The van der Waals surface area contributed by atoms with Gasteiger partial charge in [0, 0.05) is 15.8 Å². The summed E-state index contributed by atoms with van der Waals surface area (Å²) in [5, 5.41) is 3.63. The van der Waals surface area contributed by atoms with E-state index in [2.05, 4.69) is 52.1 Å². The summed E-state index contributed by atoms with van der Waals surface area (Å²) in [4.78, 5) is 2.95. The van der Waals surface area contributed by atoms with E-state index < -0.39 is 0 Å². The second-order valence-corrected chi connectivity index (χ2v) is 6.21. The van der Waals surface area contributed by atoms with Gasteiger partial charge in [0.2, 0.25) is 0 Å². The first-order valence-electron chi connectivity index (χ1n) is 6.36. The number of hydrogen-bond acceptors (Lipinski definition) is 2. The van der Waals surface area contributed by atoms with E-state index in [1.165, 1.54) is 9.75 Å². The van der Waals surface area contributed by atoms with Crippen LogP contribution in [0.3, 0.4) is 0 Å². The first-order valence-corrected chi connectivity index (χ1v) is 7.18. The molecule has 1 aromatic heterocycles. The lowest BCUT2D eigenvalue weighted by Crippen LogP contribution is -2.26. The molecule has 0 saturated heterocycles. The number of rotatable bonds is 6. The van der Waals surface area contributed by atoms with Crippen LogP contribution in [0.25, 0.3) is 0 Å². The summed E-state index contributed by atoms with van der Waals surface area (Å²) in [5.41, 5.74) is 0. The van der Waals surface area contributed by atoms with Crippen LogP contribution in [0.5, 0.6) is 0 Å². The fraction of sp³-hybridized carbons (Fsp3) is 0.714. The molecule has 0 aromatic carbocycles. The van der Waals surface area contributed by atoms with E-state index in [0.717, 1.165) is 24.8 Å². The molecule has 0 fully saturated rings. The Morgan fingerprint density at radius 3 is 2.38 bits per heavy atom. The number of thiophene rings is 1. The van der Waals surface area contributed by atoms with E-state index in [9.17, 15) is 0 Å². The van der Waals surface area contributed by atoms with E-state index in [0.29, 0.717) is 6.04 Å². The lowest BCUT2D eigenvalue weighted by Gasteiger charge is -2.19. The number of hydrogen-bond donors (Lipinski definition) is 1. The van der Waals surface area contributed by atoms with Gasteiger partial charge in [-0.15, -0.1) is 11.3 Å². The summed E-state index contributed by atoms with van der Waals surface area (Å²) in [6, 6.07) is 5.01. The molecule has 92 valence electrons. The van der Waals surface area contributed by atoms with Crippen molar-refractivity contribution in [2.24, 2.45) is 11.8 Å². The third kappa shape index (κ3) is 3.91. The predicted molar refractivity (Wildman–Crippen MR) is 74.1 cm³/mol. The highest BCUT2D eigenvalue weighted by molar-refractivity contribution is 7.12. The zero-order valence-electron chi connectivity index (χ0n) is 11.2. The first-order chi connectivity index (χ1) is 7.54. The van der Waals surface area contributed by atoms with Crippen molar-refractivity contribution in [3.8, 4) is 0 Å². The van der Waals surface area contributed by atoms with Crippen LogP contribution in [0.1, 0.15) is 50.4 Å². The Labute approximate surface area is 104 Å². The average Bonchev–Trinajstić information content (AvgIpc) is 2.73. The highest BCUT2D eigenvalue weighted by Gasteiger charge is 2.11. The third-order valence-electron chi connectivity index (χ3n) is 3.34. The quantitative estimate of drug-likeness (QED) is 0.782. The first kappa shape index (κ1) is 13.7. The van der Waals surface area contributed by atoms with Crippen molar-refractivity contribution in [1.82, 2.24) is 5.32 Å². The van der Waals surface area contributed by atoms with Crippen molar-refractivity contribution in [3.05, 3.63) is 21.9 Å². The van der Waals surface area contributed by atoms with Crippen LogP contribution in [0.4, 0.5) is 0 Å². The van der Waals surface area contributed by atoms with E-state index in [4.69, 9.17) is 0 Å². The zero-order valence-corrected chi connectivity index (χ0v) is 12.0. The maximum absolute atomic E-state index is 3.63. The monoisotopic (exact) mass is 239 g/mol. The van der Waals surface area contributed by atoms with Gasteiger partial charge in [0.1, 0.15) is 0 Å². The fourth-order valence-electron chi connectivity index (χ4n) is 1.52. The van der Waals surface area contributed by atoms with Gasteiger partial charge in [-0.2, -0.15) is 0 Å². The molecule has 1 rings (SSSR count). The molecule has 0 amide bonds. The lowest BCUT2D eigenvalue weighted by molar-refractivity contribution is 0.377. The maximum atomic E-state index is 3.63. The Kier molecular flexibility index (Phi) is 5.50. The third-order valence-corrected chi connectivity index (χ3v) is 4.75. The molecule has 2 heteroatoms. The maximum Gasteiger partial charge on any atom is 0.0386 e. The molecule has 0 spiro atoms. The molecule has 2 atom stereocenters. The number of aryl methyl sites for hydroxylation is 1. The van der Waals surface area contributed by atoms with Gasteiger partial charge in [0.05, 0.1) is 0 Å². The lowest BCUT2D eigenvalue weighted by atomic mass is 9.98. The summed E-state index contributed by atoms with van der Waals surface area (Å²) < 4.78 is 0. The molecule has 2 unspecified atom stereocenters. The van der Waals surface area contributed by atoms with Crippen LogP contribution in [-0.2, 0) is 6.42 Å². The highest BCUT2D eigenvalue weighted by atomic mass is 32.1. The van der Waals surface area contributed by atoms with Gasteiger partial charge in [0.25, 0.3) is 0 Å². The topological polar surface area (TPSA) is 12.0 Å². The van der Waals surface area contributed by atoms with Crippen molar-refractivity contribution in [2.45, 2.75) is 47.1 Å². The summed E-state index contributed by atoms with van der Waals surface area (Å²) >= 11 is 1.94. The Balaban J connectivity index is 2.43. The van der Waals surface area contributed by atoms with Crippen LogP contribution < -0.4 is 5.32 Å². The van der Waals surface area contributed by atoms with E-state index in [1.54, 1.807) is 0 Å². The molecule has 1 nitrogen and oxygen atoms in total. The van der Waals surface area contributed by atoms with Crippen molar-refractivity contribution in [3.63, 3.8) is 0 Å². The van der Waals surface area contributed by atoms with Crippen molar-refractivity contribution >= 4 is 11.3 Å². The van der Waals surface area contributed by atoms with E-state index in [-0.39, 0.29) is 0 Å². The zero-order chi connectivity index (χ0) is 12.1. The van der Waals surface area contributed by atoms with Crippen molar-refractivity contribution < 1.29 is 0 Å². The van der Waals surface area contributed by atoms with E-state index >= 15 is 0 Å². The molecule has 0 radical (unpaired) electrons. The molecule has 1 heterocycles. The van der Waals surface area contributed by atoms with Crippen molar-refractivity contribution in [1.29, 1.82) is 0 Å². The summed E-state index contributed by atoms with van der Waals surface area (Å²) in [7, 11) is 0. The minimum Gasteiger partial charge on any atom is -0.309 e. The van der Waals surface area contributed by atoms with Crippen LogP contribution in [-0.4, -0.2) is 6.54 Å². The van der Waals surface area contributed by atoms with Crippen LogP contribution in [0.2, 0.25) is 0 Å². The molecule has 16 heavy (non-hydrogen) atoms. The van der Waals surface area contributed by atoms with Gasteiger partial charge in [-0.1, -0.05) is 27.7 Å². The molecular formula is C14H25NS. The number of nitrogens with one attached hydrogen (secondary N) is 1. The minimum atomic E-state index is 0.492. The van der Waals surface area contributed by atoms with Crippen LogP contribution >= 0.6 is 11.3 Å². The molecule has 1 aromatic rings. The summed E-state index contributed by atoms with van der Waals surface area (Å²) in [5.74, 6) is 1.50. The Bertz CT molecular complexity index is 303. The van der Waals surface area contributed by atoms with Gasteiger partial charge in [-0.3, -0.25) is 0 Å². The largest absolute Gasteiger partial charge is 0.309 e. The smallest absolute Gasteiger partial charge is 0.0386 e. The van der Waals surface area contributed by atoms with Gasteiger partial charge in [-0.05, 0) is 43.9 Å². The van der Waals surface area contributed by atoms with Crippen molar-refractivity contribution in [2.75, 3.05) is 6.54 Å². The Morgan fingerprint density at radius 2 is 1.88 bits per heavy atom. The normalized spacial score (nSPS) is 15.4. The molecule has 0 aliphatic carbocycles. The molecule has 0 bridgehead atoms. The van der Waals surface area contributed by atoms with Gasteiger partial charge in [-0.25, -0.2) is 0 Å². The van der Waals surface area contributed by atoms with Crippen LogP contribution in [0, 0.1) is 11.8 Å². The summed E-state index contributed by atoms with van der Waals surface area (Å²) in [6.45, 7) is 12.5. The minimum absolute atomic E-state index is 0.492. The second-order valence-electron chi connectivity index (χ2n) is 5.01. The molecule has 1 N–H and O–H groups in total. The molecule has 0 aliphatic rings. The average molecular weight is 239 g/mol. The standard InChI is InChI=1S/C14H25NS/c1-6-13-7-8-14(16-13)12(5)15-9-11(4)10(2)3/h7-8,10-12,15H,6,9H2,1-5H3. The van der Waals surface area contributed by atoms with Gasteiger partial charge in [0.15, 0.2) is 0 Å². The highest BCUT2D eigenvalue weighted by Crippen LogP contribution is 2.23. The van der Waals surface area contributed by atoms with E-state index in [1.807, 2.05) is 11.3 Å².